The van der Waals surface area contributed by atoms with Gasteiger partial charge in [-0.15, -0.1) is 0 Å². The molecule has 0 aliphatic carbocycles. The molecule has 7 heteroatoms. The van der Waals surface area contributed by atoms with Gasteiger partial charge >= 0.3 is 0 Å². The second kappa shape index (κ2) is 5.44. The Kier molecular flexibility index (Phi) is 4.07. The zero-order chi connectivity index (χ0) is 14.0. The molecule has 2 atom stereocenters. The summed E-state index contributed by atoms with van der Waals surface area (Å²) in [5.74, 6) is -0.785. The minimum Gasteiger partial charge on any atom is -0.487 e. The highest BCUT2D eigenvalue weighted by Crippen LogP contribution is 2.22. The lowest BCUT2D eigenvalue weighted by Crippen LogP contribution is -2.29. The molecule has 0 amide bonds. The average Bonchev–Trinajstić information content (AvgIpc) is 2.51. The molecule has 0 saturated carbocycles. The number of sulfone groups is 1. The van der Waals surface area contributed by atoms with E-state index in [0.29, 0.717) is 12.1 Å². The fourth-order valence-corrected chi connectivity index (χ4v) is 3.74. The number of halogens is 1. The molecular formula is C12H16FNO4S. The summed E-state index contributed by atoms with van der Waals surface area (Å²) >= 11 is 0. The van der Waals surface area contributed by atoms with Crippen molar-refractivity contribution < 1.29 is 22.7 Å². The predicted octanol–water partition coefficient (Wildman–Crippen LogP) is 0.0818. The molecule has 2 unspecified atom stereocenters. The number of aliphatic hydroxyl groups is 1. The summed E-state index contributed by atoms with van der Waals surface area (Å²) in [5, 5.41) is 12.5. The van der Waals surface area contributed by atoms with Gasteiger partial charge in [0.2, 0.25) is 0 Å². The van der Waals surface area contributed by atoms with E-state index in [1.807, 2.05) is 0 Å². The molecule has 19 heavy (non-hydrogen) atoms. The van der Waals surface area contributed by atoms with Gasteiger partial charge in [-0.05, 0) is 24.7 Å². The van der Waals surface area contributed by atoms with Crippen LogP contribution >= 0.6 is 0 Å². The first-order valence-electron chi connectivity index (χ1n) is 5.89. The van der Waals surface area contributed by atoms with Crippen LogP contribution in [0.4, 0.5) is 4.39 Å². The fraction of sp³-hybridized carbons (Fsp3) is 0.500. The van der Waals surface area contributed by atoms with E-state index >= 15 is 0 Å². The Balaban J connectivity index is 2.15. The third-order valence-corrected chi connectivity index (χ3v) is 4.56. The van der Waals surface area contributed by atoms with Crippen LogP contribution < -0.4 is 10.1 Å². The number of rotatable bonds is 4. The number of benzene rings is 1. The monoisotopic (exact) mass is 289 g/mol. The molecule has 0 aromatic heterocycles. The van der Waals surface area contributed by atoms with E-state index in [1.54, 1.807) is 13.1 Å². The second-order valence-corrected chi connectivity index (χ2v) is 6.78. The standard InChI is InChI=1S/C12H16FNO4S/c1-14-5-8-2-9(13)4-10(3-8)18-12-7-19(16,17)6-11(12)15/h2-4,11-12,14-15H,5-7H2,1H3. The molecule has 5 nitrogen and oxygen atoms in total. The molecule has 0 radical (unpaired) electrons. The molecule has 0 spiro atoms. The minimum absolute atomic E-state index is 0.228. The van der Waals surface area contributed by atoms with Crippen LogP contribution in [0.1, 0.15) is 5.56 Å². The molecule has 1 saturated heterocycles. The van der Waals surface area contributed by atoms with Gasteiger partial charge in [-0.2, -0.15) is 0 Å². The Morgan fingerprint density at radius 2 is 2.16 bits per heavy atom. The molecule has 1 aliphatic rings. The normalized spacial score (nSPS) is 25.4. The Hall–Kier alpha value is -1.18. The maximum atomic E-state index is 13.4. The SMILES string of the molecule is CNCc1cc(F)cc(OC2CS(=O)(=O)CC2O)c1. The molecule has 1 aromatic carbocycles. The Morgan fingerprint density at radius 3 is 2.74 bits per heavy atom. The van der Waals surface area contributed by atoms with E-state index in [-0.39, 0.29) is 17.3 Å². The average molecular weight is 289 g/mol. The highest BCUT2D eigenvalue weighted by molar-refractivity contribution is 7.91. The van der Waals surface area contributed by atoms with Crippen molar-refractivity contribution in [3.05, 3.63) is 29.6 Å². The van der Waals surface area contributed by atoms with Crippen LogP contribution in [-0.2, 0) is 16.4 Å². The number of aliphatic hydroxyl groups excluding tert-OH is 1. The number of hydrogen-bond acceptors (Lipinski definition) is 5. The zero-order valence-electron chi connectivity index (χ0n) is 10.5. The first-order chi connectivity index (χ1) is 8.89. The molecule has 2 rings (SSSR count). The van der Waals surface area contributed by atoms with E-state index < -0.39 is 27.9 Å². The van der Waals surface area contributed by atoms with Crippen LogP contribution in [0.5, 0.6) is 5.75 Å². The summed E-state index contributed by atoms with van der Waals surface area (Å²) in [6, 6.07) is 4.17. The first kappa shape index (κ1) is 14.2. The van der Waals surface area contributed by atoms with Gasteiger partial charge in [0.25, 0.3) is 0 Å². The van der Waals surface area contributed by atoms with E-state index in [2.05, 4.69) is 5.32 Å². The van der Waals surface area contributed by atoms with Gasteiger partial charge in [0.05, 0.1) is 11.5 Å². The zero-order valence-corrected chi connectivity index (χ0v) is 11.3. The van der Waals surface area contributed by atoms with Crippen LogP contribution in [0.15, 0.2) is 18.2 Å². The Labute approximate surface area is 111 Å². The van der Waals surface area contributed by atoms with Crippen molar-refractivity contribution in [3.63, 3.8) is 0 Å². The second-order valence-electron chi connectivity index (χ2n) is 4.63. The molecule has 1 heterocycles. The topological polar surface area (TPSA) is 75.6 Å². The first-order valence-corrected chi connectivity index (χ1v) is 7.71. The van der Waals surface area contributed by atoms with Crippen LogP contribution in [0.3, 0.4) is 0 Å². The van der Waals surface area contributed by atoms with Gasteiger partial charge in [-0.3, -0.25) is 0 Å². The lowest BCUT2D eigenvalue weighted by molar-refractivity contribution is 0.0735. The summed E-state index contributed by atoms with van der Waals surface area (Å²) in [7, 11) is -1.54. The van der Waals surface area contributed by atoms with E-state index in [1.165, 1.54) is 12.1 Å². The maximum absolute atomic E-state index is 13.4. The van der Waals surface area contributed by atoms with Crippen molar-refractivity contribution in [1.29, 1.82) is 0 Å². The third-order valence-electron chi connectivity index (χ3n) is 2.87. The lowest BCUT2D eigenvalue weighted by Gasteiger charge is -2.16. The molecule has 1 aromatic rings. The van der Waals surface area contributed by atoms with Crippen molar-refractivity contribution in [1.82, 2.24) is 5.32 Å². The van der Waals surface area contributed by atoms with Crippen LogP contribution in [0.25, 0.3) is 0 Å². The summed E-state index contributed by atoms with van der Waals surface area (Å²) in [6.07, 6.45) is -1.91. The predicted molar refractivity (Wildman–Crippen MR) is 68.2 cm³/mol. The van der Waals surface area contributed by atoms with E-state index in [4.69, 9.17) is 4.74 Å². The van der Waals surface area contributed by atoms with Gasteiger partial charge in [-0.25, -0.2) is 12.8 Å². The summed E-state index contributed by atoms with van der Waals surface area (Å²) in [5.41, 5.74) is 0.688. The molecule has 2 N–H and O–H groups in total. The van der Waals surface area contributed by atoms with Gasteiger partial charge in [0.15, 0.2) is 9.84 Å². The Bertz CT molecular complexity index is 561. The summed E-state index contributed by atoms with van der Waals surface area (Å²) < 4.78 is 41.5. The van der Waals surface area contributed by atoms with E-state index in [0.717, 1.165) is 0 Å². The largest absolute Gasteiger partial charge is 0.487 e. The Morgan fingerprint density at radius 1 is 1.42 bits per heavy atom. The van der Waals surface area contributed by atoms with Crippen molar-refractivity contribution in [2.24, 2.45) is 0 Å². The highest BCUT2D eigenvalue weighted by atomic mass is 32.2. The molecule has 1 fully saturated rings. The van der Waals surface area contributed by atoms with Crippen LogP contribution in [-0.4, -0.2) is 44.3 Å². The highest BCUT2D eigenvalue weighted by Gasteiger charge is 2.38. The summed E-state index contributed by atoms with van der Waals surface area (Å²) in [4.78, 5) is 0. The fourth-order valence-electron chi connectivity index (χ4n) is 2.08. The number of hydrogen-bond donors (Lipinski definition) is 2. The van der Waals surface area contributed by atoms with Crippen LogP contribution in [0, 0.1) is 5.82 Å². The van der Waals surface area contributed by atoms with Crippen molar-refractivity contribution in [3.8, 4) is 5.75 Å². The molecular weight excluding hydrogens is 273 g/mol. The number of nitrogens with one attached hydrogen (secondary N) is 1. The van der Waals surface area contributed by atoms with Gasteiger partial charge in [0, 0.05) is 12.6 Å². The maximum Gasteiger partial charge on any atom is 0.156 e. The molecule has 106 valence electrons. The lowest BCUT2D eigenvalue weighted by atomic mass is 10.2. The van der Waals surface area contributed by atoms with Crippen LogP contribution in [0.2, 0.25) is 0 Å². The minimum atomic E-state index is -3.28. The van der Waals surface area contributed by atoms with Gasteiger partial charge in [-0.1, -0.05) is 0 Å². The van der Waals surface area contributed by atoms with Crippen molar-refractivity contribution in [2.75, 3.05) is 18.6 Å². The smallest absolute Gasteiger partial charge is 0.156 e. The van der Waals surface area contributed by atoms with Crippen molar-refractivity contribution >= 4 is 9.84 Å². The van der Waals surface area contributed by atoms with Gasteiger partial charge in [0.1, 0.15) is 23.8 Å². The molecule has 0 bridgehead atoms. The summed E-state index contributed by atoms with van der Waals surface area (Å²) in [6.45, 7) is 0.472. The quantitative estimate of drug-likeness (QED) is 0.821. The van der Waals surface area contributed by atoms with Crippen molar-refractivity contribution in [2.45, 2.75) is 18.8 Å². The van der Waals surface area contributed by atoms with E-state index in [9.17, 15) is 17.9 Å². The number of ether oxygens (including phenoxy) is 1. The third kappa shape index (κ3) is 3.65. The van der Waals surface area contributed by atoms with Gasteiger partial charge < -0.3 is 15.2 Å². The molecule has 1 aliphatic heterocycles.